The molecule has 2 amide bonds. The van der Waals surface area contributed by atoms with Crippen molar-refractivity contribution in [1.82, 2.24) is 10.2 Å². The number of benzene rings is 2. The molecule has 0 saturated heterocycles. The Balaban J connectivity index is 2.14. The Morgan fingerprint density at radius 1 is 0.935 bits per heavy atom. The molecule has 0 aliphatic heterocycles. The zero-order valence-electron chi connectivity index (χ0n) is 19.0. The van der Waals surface area contributed by atoms with Gasteiger partial charge in [0.25, 0.3) is 0 Å². The smallest absolute Gasteiger partial charge is 0.242 e. The van der Waals surface area contributed by atoms with Crippen LogP contribution in [0.25, 0.3) is 0 Å². The van der Waals surface area contributed by atoms with Gasteiger partial charge in [0, 0.05) is 19.5 Å². The highest BCUT2D eigenvalue weighted by Crippen LogP contribution is 2.16. The molecule has 0 aliphatic carbocycles. The van der Waals surface area contributed by atoms with Crippen molar-refractivity contribution in [1.29, 1.82) is 0 Å². The summed E-state index contributed by atoms with van der Waals surface area (Å²) in [4.78, 5) is 27.7. The number of rotatable bonds is 12. The Bertz CT molecular complexity index is 818. The number of amides is 2. The van der Waals surface area contributed by atoms with Gasteiger partial charge in [-0.1, -0.05) is 63.6 Å². The third-order valence-electron chi connectivity index (χ3n) is 5.54. The quantitative estimate of drug-likeness (QED) is 0.483. The predicted octanol–water partition coefficient (Wildman–Crippen LogP) is 5.04. The summed E-state index contributed by atoms with van der Waals surface area (Å²) < 4.78 is 13.3. The Hall–Kier alpha value is -2.69. The van der Waals surface area contributed by atoms with Gasteiger partial charge < -0.3 is 10.2 Å². The fraction of sp³-hybridized carbons (Fsp3) is 0.462. The maximum absolute atomic E-state index is 13.3. The number of carbonyl (C=O) groups is 2. The minimum atomic E-state index is -0.545. The van der Waals surface area contributed by atoms with E-state index in [-0.39, 0.29) is 24.2 Å². The molecule has 0 unspecified atom stereocenters. The van der Waals surface area contributed by atoms with E-state index < -0.39 is 6.04 Å². The number of unbranched alkanes of at least 4 members (excludes halogenated alkanes) is 1. The van der Waals surface area contributed by atoms with Gasteiger partial charge in [0.15, 0.2) is 0 Å². The van der Waals surface area contributed by atoms with Crippen LogP contribution in [0.1, 0.15) is 63.1 Å². The third-order valence-corrected chi connectivity index (χ3v) is 5.54. The van der Waals surface area contributed by atoms with Crippen molar-refractivity contribution in [2.75, 3.05) is 6.54 Å². The molecule has 0 aromatic heterocycles. The highest BCUT2D eigenvalue weighted by molar-refractivity contribution is 5.87. The van der Waals surface area contributed by atoms with Crippen LogP contribution in [0.15, 0.2) is 48.5 Å². The van der Waals surface area contributed by atoms with Crippen molar-refractivity contribution in [2.24, 2.45) is 0 Å². The summed E-state index contributed by atoms with van der Waals surface area (Å²) in [6.45, 7) is 6.99. The summed E-state index contributed by atoms with van der Waals surface area (Å²) in [6.07, 6.45) is 4.35. The summed E-state index contributed by atoms with van der Waals surface area (Å²) in [7, 11) is 0. The van der Waals surface area contributed by atoms with Crippen LogP contribution in [-0.2, 0) is 29.0 Å². The van der Waals surface area contributed by atoms with Crippen LogP contribution in [0.3, 0.4) is 0 Å². The van der Waals surface area contributed by atoms with Gasteiger partial charge in [-0.15, -0.1) is 0 Å². The van der Waals surface area contributed by atoms with Crippen LogP contribution < -0.4 is 5.32 Å². The van der Waals surface area contributed by atoms with E-state index >= 15 is 0 Å². The number of aryl methyl sites for hydroxylation is 2. The number of hydrogen-bond donors (Lipinski definition) is 1. The number of hydrogen-bond acceptors (Lipinski definition) is 2. The number of nitrogens with zero attached hydrogens (tertiary/aromatic N) is 1. The minimum absolute atomic E-state index is 0.0682. The van der Waals surface area contributed by atoms with Gasteiger partial charge in [0.2, 0.25) is 11.8 Å². The van der Waals surface area contributed by atoms with E-state index in [2.05, 4.69) is 43.4 Å². The van der Waals surface area contributed by atoms with E-state index in [1.54, 1.807) is 17.0 Å². The van der Waals surface area contributed by atoms with Crippen LogP contribution in [0.2, 0.25) is 0 Å². The third kappa shape index (κ3) is 7.82. The predicted molar refractivity (Wildman–Crippen MR) is 123 cm³/mol. The fourth-order valence-corrected chi connectivity index (χ4v) is 3.55. The second-order valence-electron chi connectivity index (χ2n) is 7.89. The summed E-state index contributed by atoms with van der Waals surface area (Å²) >= 11 is 0. The highest BCUT2D eigenvalue weighted by atomic mass is 19.1. The molecule has 0 saturated carbocycles. The average Bonchev–Trinajstić information content (AvgIpc) is 2.79. The molecule has 4 nitrogen and oxygen atoms in total. The minimum Gasteiger partial charge on any atom is -0.354 e. The lowest BCUT2D eigenvalue weighted by molar-refractivity contribution is -0.141. The van der Waals surface area contributed by atoms with Crippen LogP contribution in [0.4, 0.5) is 4.39 Å². The van der Waals surface area contributed by atoms with Crippen molar-refractivity contribution in [2.45, 2.75) is 71.9 Å². The summed E-state index contributed by atoms with van der Waals surface area (Å²) in [5.74, 6) is -0.512. The number of nitrogens with one attached hydrogen (secondary N) is 1. The molecule has 1 atom stereocenters. The molecule has 2 rings (SSSR count). The van der Waals surface area contributed by atoms with E-state index in [9.17, 15) is 14.0 Å². The average molecular weight is 427 g/mol. The van der Waals surface area contributed by atoms with Crippen LogP contribution in [0.5, 0.6) is 0 Å². The van der Waals surface area contributed by atoms with E-state index in [0.29, 0.717) is 25.8 Å². The number of carbonyl (C=O) groups excluding carboxylic acids is 2. The second-order valence-corrected chi connectivity index (χ2v) is 7.89. The SMILES string of the molecule is CCCCNC(=O)[C@H](CC)N(Cc1ccc(F)cc1)C(=O)CCc1ccc(CC)cc1. The maximum atomic E-state index is 13.3. The molecule has 0 aliphatic rings. The standard InChI is InChI=1S/C26H35FN2O2/c1-4-7-18-28-26(31)24(6-3)29(19-22-12-15-23(27)16-13-22)25(30)17-14-21-10-8-20(5-2)9-11-21/h8-13,15-16,24H,4-7,14,17-19H2,1-3H3,(H,28,31)/t24-/m0/s1. The van der Waals surface area contributed by atoms with E-state index in [4.69, 9.17) is 0 Å². The molecule has 0 heterocycles. The first-order valence-corrected chi connectivity index (χ1v) is 11.4. The lowest BCUT2D eigenvalue weighted by Gasteiger charge is -2.31. The fourth-order valence-electron chi connectivity index (χ4n) is 3.55. The lowest BCUT2D eigenvalue weighted by Crippen LogP contribution is -2.49. The Morgan fingerprint density at radius 3 is 2.13 bits per heavy atom. The van der Waals surface area contributed by atoms with Gasteiger partial charge in [-0.05, 0) is 54.5 Å². The second kappa shape index (κ2) is 12.9. The van der Waals surface area contributed by atoms with Crippen molar-refractivity contribution in [3.05, 3.63) is 71.0 Å². The van der Waals surface area contributed by atoms with Crippen molar-refractivity contribution in [3.8, 4) is 0 Å². The van der Waals surface area contributed by atoms with Gasteiger partial charge in [-0.25, -0.2) is 4.39 Å². The molecule has 0 radical (unpaired) electrons. The zero-order valence-corrected chi connectivity index (χ0v) is 19.0. The summed E-state index contributed by atoms with van der Waals surface area (Å²) in [5.41, 5.74) is 3.18. The Morgan fingerprint density at radius 2 is 1.55 bits per heavy atom. The van der Waals surface area contributed by atoms with Crippen molar-refractivity contribution >= 4 is 11.8 Å². The molecule has 0 fully saturated rings. The van der Waals surface area contributed by atoms with Crippen LogP contribution in [-0.4, -0.2) is 29.3 Å². The van der Waals surface area contributed by atoms with Gasteiger partial charge in [0.1, 0.15) is 11.9 Å². The molecule has 1 N–H and O–H groups in total. The van der Waals surface area contributed by atoms with Gasteiger partial charge in [-0.3, -0.25) is 9.59 Å². The van der Waals surface area contributed by atoms with Crippen LogP contribution in [0, 0.1) is 5.82 Å². The molecule has 0 spiro atoms. The Labute approximate surface area is 185 Å². The molecule has 31 heavy (non-hydrogen) atoms. The molecule has 0 bridgehead atoms. The molecule has 168 valence electrons. The van der Waals surface area contributed by atoms with E-state index in [1.165, 1.54) is 17.7 Å². The first-order valence-electron chi connectivity index (χ1n) is 11.4. The molecular formula is C26H35FN2O2. The monoisotopic (exact) mass is 426 g/mol. The topological polar surface area (TPSA) is 49.4 Å². The van der Waals surface area contributed by atoms with E-state index in [0.717, 1.165) is 30.4 Å². The highest BCUT2D eigenvalue weighted by Gasteiger charge is 2.28. The van der Waals surface area contributed by atoms with Gasteiger partial charge in [-0.2, -0.15) is 0 Å². The van der Waals surface area contributed by atoms with E-state index in [1.807, 2.05) is 6.92 Å². The van der Waals surface area contributed by atoms with Crippen molar-refractivity contribution in [3.63, 3.8) is 0 Å². The lowest BCUT2D eigenvalue weighted by atomic mass is 10.0. The number of halogens is 1. The first-order chi connectivity index (χ1) is 15.0. The molecule has 5 heteroatoms. The first kappa shape index (κ1) is 24.6. The van der Waals surface area contributed by atoms with Gasteiger partial charge >= 0.3 is 0 Å². The van der Waals surface area contributed by atoms with Gasteiger partial charge in [0.05, 0.1) is 0 Å². The largest absolute Gasteiger partial charge is 0.354 e. The summed E-state index contributed by atoms with van der Waals surface area (Å²) in [6, 6.07) is 13.9. The Kier molecular flexibility index (Phi) is 10.2. The van der Waals surface area contributed by atoms with Crippen molar-refractivity contribution < 1.29 is 14.0 Å². The zero-order chi connectivity index (χ0) is 22.6. The molecule has 2 aromatic rings. The molecule has 2 aromatic carbocycles. The molecular weight excluding hydrogens is 391 g/mol. The normalized spacial score (nSPS) is 11.7. The summed E-state index contributed by atoms with van der Waals surface area (Å²) in [5, 5.41) is 2.96. The van der Waals surface area contributed by atoms with Crippen LogP contribution >= 0.6 is 0 Å². The maximum Gasteiger partial charge on any atom is 0.242 e.